The zero-order valence-corrected chi connectivity index (χ0v) is 22.0. The first kappa shape index (κ1) is 29.2. The monoisotopic (exact) mass is 533 g/mol. The fourth-order valence-electron chi connectivity index (χ4n) is 4.01. The van der Waals surface area contributed by atoms with Gasteiger partial charge in [-0.25, -0.2) is 0 Å². The van der Waals surface area contributed by atoms with Gasteiger partial charge in [-0.3, -0.25) is 34.2 Å². The highest BCUT2D eigenvalue weighted by molar-refractivity contribution is 6.25. The van der Waals surface area contributed by atoms with Crippen molar-refractivity contribution in [3.05, 3.63) is 29.3 Å². The topological polar surface area (TPSA) is 150 Å². The van der Waals surface area contributed by atoms with Gasteiger partial charge in [-0.2, -0.15) is 0 Å². The molecule has 12 heteroatoms. The van der Waals surface area contributed by atoms with Gasteiger partial charge in [0, 0.05) is 18.7 Å². The second kappa shape index (κ2) is 13.4. The van der Waals surface area contributed by atoms with Crippen molar-refractivity contribution >= 4 is 35.3 Å². The largest absolute Gasteiger partial charge is 0.460 e. The van der Waals surface area contributed by atoms with Crippen LogP contribution in [-0.4, -0.2) is 92.3 Å². The van der Waals surface area contributed by atoms with Crippen molar-refractivity contribution in [2.24, 2.45) is 0 Å². The molecular formula is C26H35N3O9. The van der Waals surface area contributed by atoms with E-state index in [1.54, 1.807) is 18.2 Å². The smallest absolute Gasteiger partial charge is 0.308 e. The molecule has 4 amide bonds. The molecule has 1 atom stereocenters. The maximum absolute atomic E-state index is 13.1. The Morgan fingerprint density at radius 3 is 2.29 bits per heavy atom. The fraction of sp³-hybridized carbons (Fsp3) is 0.577. The molecule has 1 saturated heterocycles. The van der Waals surface area contributed by atoms with Crippen LogP contribution < -0.4 is 10.6 Å². The van der Waals surface area contributed by atoms with Crippen molar-refractivity contribution in [1.29, 1.82) is 0 Å². The molecule has 3 rings (SSSR count). The maximum atomic E-state index is 13.1. The first-order valence-corrected chi connectivity index (χ1v) is 12.6. The Bertz CT molecular complexity index is 1050. The summed E-state index contributed by atoms with van der Waals surface area (Å²) in [6.07, 6.45) is 0.358. The number of piperidine rings is 1. The Morgan fingerprint density at radius 1 is 0.974 bits per heavy atom. The molecule has 0 aromatic heterocycles. The first-order valence-electron chi connectivity index (χ1n) is 12.6. The number of imide groups is 2. The zero-order valence-electron chi connectivity index (χ0n) is 22.0. The Balaban J connectivity index is 1.31. The lowest BCUT2D eigenvalue weighted by Crippen LogP contribution is -2.54. The molecule has 208 valence electrons. The van der Waals surface area contributed by atoms with E-state index in [1.807, 2.05) is 20.8 Å². The van der Waals surface area contributed by atoms with Crippen LogP contribution in [-0.2, 0) is 33.3 Å². The van der Waals surface area contributed by atoms with Gasteiger partial charge in [-0.05, 0) is 39.3 Å². The quantitative estimate of drug-likeness (QED) is 0.203. The molecule has 0 aliphatic carbocycles. The molecule has 2 aliphatic heterocycles. The molecule has 12 nitrogen and oxygen atoms in total. The minimum absolute atomic E-state index is 0.0666. The van der Waals surface area contributed by atoms with E-state index in [-0.39, 0.29) is 43.0 Å². The highest BCUT2D eigenvalue weighted by Gasteiger charge is 2.45. The third kappa shape index (κ3) is 8.07. The molecule has 0 saturated carbocycles. The molecular weight excluding hydrogens is 498 g/mol. The van der Waals surface area contributed by atoms with E-state index in [1.165, 1.54) is 0 Å². The fourth-order valence-corrected chi connectivity index (χ4v) is 4.01. The minimum atomic E-state index is -1.01. The van der Waals surface area contributed by atoms with Crippen LogP contribution in [0.1, 0.15) is 60.7 Å². The van der Waals surface area contributed by atoms with Crippen molar-refractivity contribution in [3.63, 3.8) is 0 Å². The van der Waals surface area contributed by atoms with Gasteiger partial charge in [0.25, 0.3) is 11.8 Å². The number of nitrogens with one attached hydrogen (secondary N) is 2. The molecule has 1 aromatic carbocycles. The average Bonchev–Trinajstić information content (AvgIpc) is 3.09. The third-order valence-electron chi connectivity index (χ3n) is 5.64. The number of amides is 4. The molecule has 2 N–H and O–H groups in total. The van der Waals surface area contributed by atoms with Crippen molar-refractivity contribution < 1.29 is 42.9 Å². The molecule has 38 heavy (non-hydrogen) atoms. The maximum Gasteiger partial charge on any atom is 0.308 e. The van der Waals surface area contributed by atoms with Crippen LogP contribution >= 0.6 is 0 Å². The van der Waals surface area contributed by atoms with E-state index < -0.39 is 35.3 Å². The molecule has 1 aromatic rings. The number of benzene rings is 1. The summed E-state index contributed by atoms with van der Waals surface area (Å²) in [7, 11) is 0. The van der Waals surface area contributed by atoms with Crippen LogP contribution in [0, 0.1) is 0 Å². The number of hydrogen-bond donors (Lipinski definition) is 2. The van der Waals surface area contributed by atoms with Crippen LogP contribution in [0.25, 0.3) is 0 Å². The van der Waals surface area contributed by atoms with Gasteiger partial charge in [-0.15, -0.1) is 0 Å². The molecule has 2 aliphatic rings. The van der Waals surface area contributed by atoms with Crippen LogP contribution in [0.4, 0.5) is 5.69 Å². The second-order valence-electron chi connectivity index (χ2n) is 9.78. The van der Waals surface area contributed by atoms with Gasteiger partial charge in [-0.1, -0.05) is 6.07 Å². The number of rotatable bonds is 14. The first-order chi connectivity index (χ1) is 18.1. The minimum Gasteiger partial charge on any atom is -0.460 e. The molecule has 2 heterocycles. The van der Waals surface area contributed by atoms with E-state index in [2.05, 4.69) is 10.6 Å². The van der Waals surface area contributed by atoms with Crippen molar-refractivity contribution in [3.8, 4) is 0 Å². The van der Waals surface area contributed by atoms with Crippen LogP contribution in [0.5, 0.6) is 0 Å². The highest BCUT2D eigenvalue weighted by Crippen LogP contribution is 2.32. The Hall–Kier alpha value is -3.35. The molecule has 0 unspecified atom stereocenters. The molecule has 0 radical (unpaired) electrons. The Labute approximate surface area is 221 Å². The van der Waals surface area contributed by atoms with E-state index in [0.717, 1.165) is 4.90 Å². The van der Waals surface area contributed by atoms with Gasteiger partial charge in [0.1, 0.15) is 11.6 Å². The molecule has 0 spiro atoms. The van der Waals surface area contributed by atoms with Crippen LogP contribution in [0.3, 0.4) is 0 Å². The lowest BCUT2D eigenvalue weighted by molar-refractivity contribution is -0.156. The SMILES string of the molecule is CC(C)(C)OC(=O)CCOCCOCCOCCNc1cccc2c1C(=O)N([C@H]1CCC(=O)NC1=O)C2=O. The Kier molecular flexibility index (Phi) is 10.3. The number of ether oxygens (including phenoxy) is 4. The number of carbonyl (C=O) groups excluding carboxylic acids is 5. The van der Waals surface area contributed by atoms with Crippen molar-refractivity contribution in [2.75, 3.05) is 51.5 Å². The van der Waals surface area contributed by atoms with E-state index in [4.69, 9.17) is 18.9 Å². The van der Waals surface area contributed by atoms with Crippen molar-refractivity contribution in [1.82, 2.24) is 10.2 Å². The normalized spacial score (nSPS) is 17.4. The third-order valence-corrected chi connectivity index (χ3v) is 5.64. The van der Waals surface area contributed by atoms with E-state index in [0.29, 0.717) is 45.3 Å². The lowest BCUT2D eigenvalue weighted by atomic mass is 10.0. The summed E-state index contributed by atoms with van der Waals surface area (Å²) in [5.41, 5.74) is 0.384. The number of anilines is 1. The summed E-state index contributed by atoms with van der Waals surface area (Å²) in [5, 5.41) is 5.29. The summed E-state index contributed by atoms with van der Waals surface area (Å²) in [6, 6.07) is 3.88. The number of carbonyl (C=O) groups is 5. The number of nitrogens with zero attached hydrogens (tertiary/aromatic N) is 1. The number of esters is 1. The molecule has 1 fully saturated rings. The second-order valence-corrected chi connectivity index (χ2v) is 9.78. The van der Waals surface area contributed by atoms with Gasteiger partial charge in [0.15, 0.2) is 0 Å². The standard InChI is InChI=1S/C26H35N3O9/c1-26(2,3)38-21(31)9-11-35-13-15-37-16-14-36-12-10-27-18-6-4-5-17-22(18)25(34)29(24(17)33)19-7-8-20(30)28-23(19)32/h4-6,19,27H,7-16H2,1-3H3,(H,28,30,32)/t19-/m0/s1. The zero-order chi connectivity index (χ0) is 27.7. The van der Waals surface area contributed by atoms with E-state index >= 15 is 0 Å². The highest BCUT2D eigenvalue weighted by atomic mass is 16.6. The summed E-state index contributed by atoms with van der Waals surface area (Å²) in [6.45, 7) is 7.86. The predicted octanol–water partition coefficient (Wildman–Crippen LogP) is 1.28. The summed E-state index contributed by atoms with van der Waals surface area (Å²) in [4.78, 5) is 62.1. The van der Waals surface area contributed by atoms with Crippen molar-refractivity contribution in [2.45, 2.75) is 51.7 Å². The number of hydrogen-bond acceptors (Lipinski definition) is 10. The molecule has 0 bridgehead atoms. The van der Waals surface area contributed by atoms with Gasteiger partial charge in [0.05, 0.1) is 57.2 Å². The van der Waals surface area contributed by atoms with Gasteiger partial charge < -0.3 is 24.3 Å². The van der Waals surface area contributed by atoms with E-state index in [9.17, 15) is 24.0 Å². The van der Waals surface area contributed by atoms with Crippen LogP contribution in [0.2, 0.25) is 0 Å². The average molecular weight is 534 g/mol. The summed E-state index contributed by atoms with van der Waals surface area (Å²) < 4.78 is 21.5. The summed E-state index contributed by atoms with van der Waals surface area (Å²) in [5.74, 6) is -2.48. The Morgan fingerprint density at radius 2 is 1.63 bits per heavy atom. The lowest BCUT2D eigenvalue weighted by Gasteiger charge is -2.27. The summed E-state index contributed by atoms with van der Waals surface area (Å²) >= 11 is 0. The van der Waals surface area contributed by atoms with Gasteiger partial charge in [0.2, 0.25) is 11.8 Å². The van der Waals surface area contributed by atoms with Crippen LogP contribution in [0.15, 0.2) is 18.2 Å². The predicted molar refractivity (Wildman–Crippen MR) is 135 cm³/mol. The van der Waals surface area contributed by atoms with Gasteiger partial charge >= 0.3 is 5.97 Å². The number of fused-ring (bicyclic) bond motifs is 1.